The van der Waals surface area contributed by atoms with Crippen LogP contribution in [0.3, 0.4) is 0 Å². The highest BCUT2D eigenvalue weighted by Crippen LogP contribution is 2.23. The fourth-order valence-corrected chi connectivity index (χ4v) is 3.48. The Kier molecular flexibility index (Phi) is 4.88. The molecule has 3 nitrogen and oxygen atoms in total. The van der Waals surface area contributed by atoms with Crippen molar-refractivity contribution in [1.29, 1.82) is 0 Å². The van der Waals surface area contributed by atoms with Gasteiger partial charge in [-0.15, -0.1) is 0 Å². The molecule has 0 heterocycles. The summed E-state index contributed by atoms with van der Waals surface area (Å²) in [4.78, 5) is -0.444. The van der Waals surface area contributed by atoms with Crippen molar-refractivity contribution in [3.05, 3.63) is 63.9 Å². The zero-order chi connectivity index (χ0) is 15.6. The Balaban J connectivity index is 2.29. The average Bonchev–Trinajstić information content (AvgIpc) is 2.37. The number of nitrogens with one attached hydrogen (secondary N) is 1. The van der Waals surface area contributed by atoms with Crippen LogP contribution in [0.2, 0.25) is 10.0 Å². The number of rotatable bonds is 4. The number of hydrogen-bond donors (Lipinski definition) is 1. The highest BCUT2D eigenvalue weighted by Gasteiger charge is 2.22. The Bertz CT molecular complexity index is 765. The summed E-state index contributed by atoms with van der Waals surface area (Å²) in [5, 5.41) is 0.630. The van der Waals surface area contributed by atoms with E-state index >= 15 is 0 Å². The van der Waals surface area contributed by atoms with Gasteiger partial charge in [-0.3, -0.25) is 0 Å². The monoisotopic (exact) mass is 347 g/mol. The number of hydrogen-bond acceptors (Lipinski definition) is 2. The highest BCUT2D eigenvalue weighted by molar-refractivity contribution is 7.89. The fourth-order valence-electron chi connectivity index (χ4n) is 1.83. The molecule has 7 heteroatoms. The first kappa shape index (κ1) is 16.2. The minimum Gasteiger partial charge on any atom is -0.207 e. The van der Waals surface area contributed by atoms with Gasteiger partial charge in [0.1, 0.15) is 10.7 Å². The van der Waals surface area contributed by atoms with Gasteiger partial charge in [-0.2, -0.15) is 0 Å². The summed E-state index contributed by atoms with van der Waals surface area (Å²) in [7, 11) is -3.99. The van der Waals surface area contributed by atoms with Gasteiger partial charge < -0.3 is 0 Å². The van der Waals surface area contributed by atoms with Gasteiger partial charge in [0.25, 0.3) is 0 Å². The van der Waals surface area contributed by atoms with E-state index in [1.54, 1.807) is 31.2 Å². The summed E-state index contributed by atoms with van der Waals surface area (Å²) in [6, 6.07) is 9.64. The maximum Gasteiger partial charge on any atom is 0.244 e. The number of benzene rings is 2. The molecule has 2 aromatic carbocycles. The molecular weight excluding hydrogens is 336 g/mol. The first-order valence-corrected chi connectivity index (χ1v) is 8.26. The summed E-state index contributed by atoms with van der Waals surface area (Å²) in [6.07, 6.45) is 0. The molecule has 0 saturated carbocycles. The van der Waals surface area contributed by atoms with Gasteiger partial charge >= 0.3 is 0 Å². The summed E-state index contributed by atoms with van der Waals surface area (Å²) in [6.45, 7) is 1.65. The van der Waals surface area contributed by atoms with Crippen molar-refractivity contribution in [3.8, 4) is 0 Å². The molecule has 0 aliphatic carbocycles. The van der Waals surface area contributed by atoms with Crippen LogP contribution in [-0.4, -0.2) is 8.42 Å². The molecular formula is C14H12Cl2FNO2S. The predicted octanol–water partition coefficient (Wildman–Crippen LogP) is 4.17. The highest BCUT2D eigenvalue weighted by atomic mass is 35.5. The van der Waals surface area contributed by atoms with Crippen LogP contribution in [0.25, 0.3) is 0 Å². The summed E-state index contributed by atoms with van der Waals surface area (Å²) < 4.78 is 40.6. The molecule has 0 aliphatic rings. The van der Waals surface area contributed by atoms with Crippen molar-refractivity contribution in [1.82, 2.24) is 4.72 Å². The molecule has 0 aromatic heterocycles. The normalized spacial score (nSPS) is 13.1. The van der Waals surface area contributed by atoms with E-state index < -0.39 is 26.8 Å². The molecule has 1 N–H and O–H groups in total. The Morgan fingerprint density at radius 1 is 1.10 bits per heavy atom. The Morgan fingerprint density at radius 2 is 1.76 bits per heavy atom. The van der Waals surface area contributed by atoms with Crippen molar-refractivity contribution in [2.24, 2.45) is 0 Å². The van der Waals surface area contributed by atoms with Gasteiger partial charge in [0.15, 0.2) is 0 Å². The minimum absolute atomic E-state index is 0.134. The quantitative estimate of drug-likeness (QED) is 0.901. The van der Waals surface area contributed by atoms with E-state index in [0.29, 0.717) is 10.6 Å². The molecule has 0 bridgehead atoms. The van der Waals surface area contributed by atoms with Crippen molar-refractivity contribution in [3.63, 3.8) is 0 Å². The van der Waals surface area contributed by atoms with Crippen LogP contribution >= 0.6 is 23.2 Å². The zero-order valence-electron chi connectivity index (χ0n) is 11.0. The minimum atomic E-state index is -3.99. The van der Waals surface area contributed by atoms with Gasteiger partial charge in [0.2, 0.25) is 10.0 Å². The lowest BCUT2D eigenvalue weighted by molar-refractivity contribution is 0.547. The molecule has 0 spiro atoms. The van der Waals surface area contributed by atoms with Crippen molar-refractivity contribution in [2.75, 3.05) is 0 Å². The summed E-state index contributed by atoms with van der Waals surface area (Å²) in [5.41, 5.74) is 0.681. The smallest absolute Gasteiger partial charge is 0.207 e. The second-order valence-corrected chi connectivity index (χ2v) is 7.03. The van der Waals surface area contributed by atoms with Gasteiger partial charge in [-0.1, -0.05) is 35.3 Å². The zero-order valence-corrected chi connectivity index (χ0v) is 13.3. The lowest BCUT2D eigenvalue weighted by Gasteiger charge is -2.15. The average molecular weight is 348 g/mol. The molecule has 0 amide bonds. The molecule has 0 aliphatic heterocycles. The molecule has 2 rings (SSSR count). The third-order valence-electron chi connectivity index (χ3n) is 2.86. The van der Waals surface area contributed by atoms with Gasteiger partial charge in [-0.05, 0) is 42.8 Å². The van der Waals surface area contributed by atoms with Crippen molar-refractivity contribution >= 4 is 33.2 Å². The Hall–Kier alpha value is -1.14. The molecule has 112 valence electrons. The number of sulfonamides is 1. The predicted molar refractivity (Wildman–Crippen MR) is 81.6 cm³/mol. The van der Waals surface area contributed by atoms with Gasteiger partial charge in [0.05, 0.1) is 0 Å². The standard InChI is InChI=1S/C14H12Cl2FNO2S/c1-9(10-3-2-4-11(15)7-10)18-21(19,20)14-6-5-12(16)8-13(14)17/h2-9,18H,1H3. The lowest BCUT2D eigenvalue weighted by atomic mass is 10.1. The van der Waals surface area contributed by atoms with Gasteiger partial charge in [0, 0.05) is 16.1 Å². The first-order chi connectivity index (χ1) is 9.79. The second kappa shape index (κ2) is 6.32. The van der Waals surface area contributed by atoms with Crippen LogP contribution in [0.4, 0.5) is 4.39 Å². The van der Waals surface area contributed by atoms with Crippen LogP contribution in [0.5, 0.6) is 0 Å². The molecule has 1 atom stereocenters. The van der Waals surface area contributed by atoms with Crippen molar-refractivity contribution < 1.29 is 12.8 Å². The van der Waals surface area contributed by atoms with E-state index in [0.717, 1.165) is 12.1 Å². The molecule has 0 saturated heterocycles. The molecule has 21 heavy (non-hydrogen) atoms. The first-order valence-electron chi connectivity index (χ1n) is 6.02. The van der Waals surface area contributed by atoms with Crippen LogP contribution in [0.15, 0.2) is 47.4 Å². The second-order valence-electron chi connectivity index (χ2n) is 4.47. The molecule has 0 fully saturated rings. The molecule has 1 unspecified atom stereocenters. The van der Waals surface area contributed by atoms with Crippen molar-refractivity contribution in [2.45, 2.75) is 17.9 Å². The summed E-state index contributed by atoms with van der Waals surface area (Å²) >= 11 is 11.5. The van der Waals surface area contributed by atoms with E-state index in [4.69, 9.17) is 23.2 Å². The van der Waals surface area contributed by atoms with Crippen LogP contribution < -0.4 is 4.72 Å². The van der Waals surface area contributed by atoms with E-state index in [-0.39, 0.29) is 5.02 Å². The molecule has 2 aromatic rings. The Morgan fingerprint density at radius 3 is 2.38 bits per heavy atom. The van der Waals surface area contributed by atoms with Crippen LogP contribution in [0, 0.1) is 5.82 Å². The third kappa shape index (κ3) is 3.95. The van der Waals surface area contributed by atoms with E-state index in [1.165, 1.54) is 6.07 Å². The maximum absolute atomic E-state index is 13.7. The van der Waals surface area contributed by atoms with Gasteiger partial charge in [-0.25, -0.2) is 17.5 Å². The molecule has 0 radical (unpaired) electrons. The lowest BCUT2D eigenvalue weighted by Crippen LogP contribution is -2.27. The SMILES string of the molecule is CC(NS(=O)(=O)c1ccc(Cl)cc1F)c1cccc(Cl)c1. The fraction of sp³-hybridized carbons (Fsp3) is 0.143. The topological polar surface area (TPSA) is 46.2 Å². The number of halogens is 3. The third-order valence-corrected chi connectivity index (χ3v) is 4.91. The van der Waals surface area contributed by atoms with E-state index in [2.05, 4.69) is 4.72 Å². The largest absolute Gasteiger partial charge is 0.244 e. The van der Waals surface area contributed by atoms with E-state index in [9.17, 15) is 12.8 Å². The maximum atomic E-state index is 13.7. The van der Waals surface area contributed by atoms with Crippen LogP contribution in [-0.2, 0) is 10.0 Å². The summed E-state index contributed by atoms with van der Waals surface area (Å²) in [5.74, 6) is -0.895. The Labute approximate surface area is 132 Å². The van der Waals surface area contributed by atoms with E-state index in [1.807, 2.05) is 0 Å². The van der Waals surface area contributed by atoms with Crippen LogP contribution in [0.1, 0.15) is 18.5 Å².